The highest BCUT2D eigenvalue weighted by Crippen LogP contribution is 2.46. The molecule has 1 aromatic rings. The van der Waals surface area contributed by atoms with Crippen LogP contribution in [0, 0.1) is 12.8 Å². The number of rotatable bonds is 5. The van der Waals surface area contributed by atoms with Crippen LogP contribution in [0.3, 0.4) is 0 Å². The number of ether oxygens (including phenoxy) is 1. The molecule has 0 radical (unpaired) electrons. The molecule has 0 spiro atoms. The molecule has 2 aliphatic carbocycles. The highest BCUT2D eigenvalue weighted by molar-refractivity contribution is 6.32. The van der Waals surface area contributed by atoms with Crippen molar-refractivity contribution in [2.24, 2.45) is 11.7 Å². The minimum absolute atomic E-state index is 0.0623. The molecule has 3 rings (SSSR count). The fourth-order valence-electron chi connectivity index (χ4n) is 3.57. The van der Waals surface area contributed by atoms with Crippen molar-refractivity contribution in [1.29, 1.82) is 0 Å². The SMILES string of the molecule is Cc1cc(Cl)c(OCC2CC2)c(C2(CN)CCCCC2)c1. The molecule has 0 saturated heterocycles. The van der Waals surface area contributed by atoms with Gasteiger partial charge in [0.1, 0.15) is 5.75 Å². The summed E-state index contributed by atoms with van der Waals surface area (Å²) in [6.45, 7) is 3.59. The van der Waals surface area contributed by atoms with Gasteiger partial charge in [-0.2, -0.15) is 0 Å². The summed E-state index contributed by atoms with van der Waals surface area (Å²) in [4.78, 5) is 0. The Balaban J connectivity index is 1.96. The topological polar surface area (TPSA) is 35.2 Å². The van der Waals surface area contributed by atoms with E-state index in [1.165, 1.54) is 43.2 Å². The van der Waals surface area contributed by atoms with E-state index in [1.807, 2.05) is 6.07 Å². The minimum Gasteiger partial charge on any atom is -0.491 e. The molecule has 0 atom stereocenters. The van der Waals surface area contributed by atoms with Gasteiger partial charge in [-0.05, 0) is 50.2 Å². The average Bonchev–Trinajstić information content (AvgIpc) is 3.30. The van der Waals surface area contributed by atoms with Gasteiger partial charge in [0.15, 0.2) is 0 Å². The van der Waals surface area contributed by atoms with Crippen LogP contribution in [0.2, 0.25) is 5.02 Å². The average molecular weight is 308 g/mol. The number of aryl methyl sites for hydroxylation is 1. The molecule has 0 unspecified atom stereocenters. The molecule has 0 heterocycles. The lowest BCUT2D eigenvalue weighted by Gasteiger charge is -2.38. The molecule has 2 nitrogen and oxygen atoms in total. The van der Waals surface area contributed by atoms with Gasteiger partial charge in [0.05, 0.1) is 11.6 Å². The molecule has 2 N–H and O–H groups in total. The van der Waals surface area contributed by atoms with Crippen molar-refractivity contribution < 1.29 is 4.74 Å². The number of halogens is 1. The van der Waals surface area contributed by atoms with Crippen molar-refractivity contribution in [3.05, 3.63) is 28.3 Å². The molecule has 0 amide bonds. The quantitative estimate of drug-likeness (QED) is 0.863. The first-order chi connectivity index (χ1) is 10.1. The second kappa shape index (κ2) is 6.18. The Bertz CT molecular complexity index is 504. The predicted molar refractivity (Wildman–Crippen MR) is 88.2 cm³/mol. The van der Waals surface area contributed by atoms with Crippen molar-refractivity contribution in [3.8, 4) is 5.75 Å². The number of hydrogen-bond donors (Lipinski definition) is 1. The van der Waals surface area contributed by atoms with Crippen LogP contribution in [0.4, 0.5) is 0 Å². The molecule has 0 aromatic heterocycles. The summed E-state index contributed by atoms with van der Waals surface area (Å²) < 4.78 is 6.14. The van der Waals surface area contributed by atoms with Gasteiger partial charge in [-0.3, -0.25) is 0 Å². The smallest absolute Gasteiger partial charge is 0.141 e. The Hall–Kier alpha value is -0.730. The third-order valence-electron chi connectivity index (χ3n) is 5.12. The molecule has 3 heteroatoms. The largest absolute Gasteiger partial charge is 0.491 e. The molecule has 1 aromatic carbocycles. The van der Waals surface area contributed by atoms with Crippen LogP contribution in [0.1, 0.15) is 56.1 Å². The first-order valence-electron chi connectivity index (χ1n) is 8.28. The van der Waals surface area contributed by atoms with Gasteiger partial charge in [-0.15, -0.1) is 0 Å². The van der Waals surface area contributed by atoms with Crippen LogP contribution in [-0.4, -0.2) is 13.2 Å². The highest BCUT2D eigenvalue weighted by Gasteiger charge is 2.36. The van der Waals surface area contributed by atoms with Gasteiger partial charge in [-0.1, -0.05) is 36.9 Å². The van der Waals surface area contributed by atoms with E-state index in [1.54, 1.807) is 0 Å². The van der Waals surface area contributed by atoms with Crippen molar-refractivity contribution in [2.45, 2.75) is 57.3 Å². The van der Waals surface area contributed by atoms with Crippen molar-refractivity contribution in [1.82, 2.24) is 0 Å². The highest BCUT2D eigenvalue weighted by atomic mass is 35.5. The lowest BCUT2D eigenvalue weighted by molar-refractivity contribution is 0.262. The summed E-state index contributed by atoms with van der Waals surface area (Å²) in [7, 11) is 0. The van der Waals surface area contributed by atoms with Crippen LogP contribution in [-0.2, 0) is 5.41 Å². The monoisotopic (exact) mass is 307 g/mol. The van der Waals surface area contributed by atoms with Gasteiger partial charge in [0.2, 0.25) is 0 Å². The molecule has 116 valence electrons. The summed E-state index contributed by atoms with van der Waals surface area (Å²) in [5.74, 6) is 1.64. The van der Waals surface area contributed by atoms with Gasteiger partial charge in [-0.25, -0.2) is 0 Å². The van der Waals surface area contributed by atoms with Gasteiger partial charge >= 0.3 is 0 Å². The van der Waals surface area contributed by atoms with Crippen molar-refractivity contribution >= 4 is 11.6 Å². The Morgan fingerprint density at radius 3 is 2.57 bits per heavy atom. The maximum absolute atomic E-state index is 6.51. The Labute approximate surface area is 133 Å². The maximum Gasteiger partial charge on any atom is 0.141 e. The van der Waals surface area contributed by atoms with E-state index in [0.29, 0.717) is 6.54 Å². The van der Waals surface area contributed by atoms with Crippen LogP contribution >= 0.6 is 11.6 Å². The fourth-order valence-corrected chi connectivity index (χ4v) is 3.90. The van der Waals surface area contributed by atoms with E-state index in [4.69, 9.17) is 22.1 Å². The molecule has 2 aliphatic rings. The van der Waals surface area contributed by atoms with Crippen LogP contribution in [0.25, 0.3) is 0 Å². The van der Waals surface area contributed by atoms with Crippen LogP contribution in [0.15, 0.2) is 12.1 Å². The van der Waals surface area contributed by atoms with Crippen molar-refractivity contribution in [3.63, 3.8) is 0 Å². The zero-order valence-electron chi connectivity index (χ0n) is 13.0. The standard InChI is InChI=1S/C18H26ClNO/c1-13-9-15(18(12-20)7-3-2-4-8-18)17(16(19)10-13)21-11-14-5-6-14/h9-10,14H,2-8,11-12,20H2,1H3. The molecule has 2 saturated carbocycles. The third-order valence-corrected chi connectivity index (χ3v) is 5.40. The first-order valence-corrected chi connectivity index (χ1v) is 8.66. The van der Waals surface area contributed by atoms with E-state index in [0.717, 1.165) is 36.1 Å². The van der Waals surface area contributed by atoms with Gasteiger partial charge in [0, 0.05) is 17.5 Å². The lowest BCUT2D eigenvalue weighted by Crippen LogP contribution is -2.37. The fraction of sp³-hybridized carbons (Fsp3) is 0.667. The second-order valence-corrected chi connectivity index (χ2v) is 7.33. The molecular weight excluding hydrogens is 282 g/mol. The first kappa shape index (κ1) is 15.2. The van der Waals surface area contributed by atoms with Gasteiger partial charge in [0.25, 0.3) is 0 Å². The third kappa shape index (κ3) is 3.22. The summed E-state index contributed by atoms with van der Waals surface area (Å²) in [6.07, 6.45) is 8.73. The second-order valence-electron chi connectivity index (χ2n) is 6.92. The summed E-state index contributed by atoms with van der Waals surface area (Å²) >= 11 is 6.51. The Morgan fingerprint density at radius 2 is 1.95 bits per heavy atom. The van der Waals surface area contributed by atoms with Crippen LogP contribution in [0.5, 0.6) is 5.75 Å². The predicted octanol–water partition coefficient (Wildman–Crippen LogP) is 4.60. The summed E-state index contributed by atoms with van der Waals surface area (Å²) in [5.41, 5.74) is 8.73. The van der Waals surface area contributed by atoms with E-state index in [2.05, 4.69) is 13.0 Å². The van der Waals surface area contributed by atoms with E-state index < -0.39 is 0 Å². The van der Waals surface area contributed by atoms with E-state index in [-0.39, 0.29) is 5.41 Å². The maximum atomic E-state index is 6.51. The van der Waals surface area contributed by atoms with E-state index >= 15 is 0 Å². The molecular formula is C18H26ClNO. The normalized spacial score (nSPS) is 21.3. The minimum atomic E-state index is 0.0623. The number of benzene rings is 1. The molecule has 0 bridgehead atoms. The lowest BCUT2D eigenvalue weighted by atomic mass is 9.69. The Morgan fingerprint density at radius 1 is 1.24 bits per heavy atom. The molecule has 21 heavy (non-hydrogen) atoms. The molecule has 2 fully saturated rings. The zero-order valence-corrected chi connectivity index (χ0v) is 13.7. The Kier molecular flexibility index (Phi) is 4.46. The van der Waals surface area contributed by atoms with Crippen molar-refractivity contribution in [2.75, 3.05) is 13.2 Å². The number of hydrogen-bond acceptors (Lipinski definition) is 2. The zero-order chi connectivity index (χ0) is 14.9. The summed E-state index contributed by atoms with van der Waals surface area (Å²) in [5, 5.41) is 0.754. The van der Waals surface area contributed by atoms with Gasteiger partial charge < -0.3 is 10.5 Å². The van der Waals surface area contributed by atoms with E-state index in [9.17, 15) is 0 Å². The summed E-state index contributed by atoms with van der Waals surface area (Å²) in [6, 6.07) is 4.27. The van der Waals surface area contributed by atoms with Crippen LogP contribution < -0.4 is 10.5 Å². The number of nitrogens with two attached hydrogens (primary N) is 1. The molecule has 0 aliphatic heterocycles.